The summed E-state index contributed by atoms with van der Waals surface area (Å²) in [5.41, 5.74) is 3.32. The van der Waals surface area contributed by atoms with Crippen LogP contribution in [0.2, 0.25) is 0 Å². The van der Waals surface area contributed by atoms with Crippen LogP contribution in [0.5, 0.6) is 5.75 Å². The van der Waals surface area contributed by atoms with Gasteiger partial charge in [0.15, 0.2) is 0 Å². The van der Waals surface area contributed by atoms with Crippen LogP contribution in [0.4, 0.5) is 0 Å². The Bertz CT molecular complexity index is 894. The largest absolute Gasteiger partial charge is 0.537 e. The average molecular weight is 421 g/mol. The molecule has 3 aromatic rings. The third kappa shape index (κ3) is 5.39. The maximum Gasteiger partial charge on any atom is 0.299 e. The molecule has 3 nitrogen and oxygen atoms in total. The summed E-state index contributed by atoms with van der Waals surface area (Å²) in [7, 11) is 1.51. The van der Waals surface area contributed by atoms with E-state index in [1.54, 1.807) is 14.2 Å². The van der Waals surface area contributed by atoms with Crippen molar-refractivity contribution in [3.63, 3.8) is 0 Å². The van der Waals surface area contributed by atoms with Crippen molar-refractivity contribution in [2.24, 2.45) is 0 Å². The minimum atomic E-state index is -1.95. The van der Waals surface area contributed by atoms with Crippen LogP contribution in [0.25, 0.3) is 0 Å². The van der Waals surface area contributed by atoms with Crippen molar-refractivity contribution >= 4 is 19.4 Å². The Labute approximate surface area is 182 Å². The van der Waals surface area contributed by atoms with E-state index >= 15 is 0 Å². The molecular weight excluding hydrogens is 388 g/mol. The van der Waals surface area contributed by atoms with Crippen molar-refractivity contribution in [2.75, 3.05) is 14.2 Å². The van der Waals surface area contributed by atoms with Gasteiger partial charge < -0.3 is 13.9 Å². The number of rotatable bonds is 8. The summed E-state index contributed by atoms with van der Waals surface area (Å²) in [6.45, 7) is 7.75. The second-order valence-electron chi connectivity index (χ2n) is 8.57. The van der Waals surface area contributed by atoms with Gasteiger partial charge >= 0.3 is 0 Å². The van der Waals surface area contributed by atoms with Gasteiger partial charge in [0.1, 0.15) is 5.75 Å². The van der Waals surface area contributed by atoms with Crippen molar-refractivity contribution in [1.29, 1.82) is 0 Å². The van der Waals surface area contributed by atoms with Gasteiger partial charge in [0.05, 0.1) is 13.2 Å². The normalized spacial score (nSPS) is 11.7. The first-order chi connectivity index (χ1) is 14.4. The van der Waals surface area contributed by atoms with Crippen LogP contribution in [-0.2, 0) is 28.1 Å². The van der Waals surface area contributed by atoms with Gasteiger partial charge in [-0.15, -0.1) is 0 Å². The lowest BCUT2D eigenvalue weighted by Gasteiger charge is -2.29. The highest BCUT2D eigenvalue weighted by molar-refractivity contribution is 6.80. The number of ether oxygens (including phenoxy) is 2. The average Bonchev–Trinajstić information content (AvgIpc) is 2.74. The topological polar surface area (TPSA) is 27.7 Å². The second kappa shape index (κ2) is 10.1. The first kappa shape index (κ1) is 22.3. The van der Waals surface area contributed by atoms with Gasteiger partial charge in [-0.1, -0.05) is 81.4 Å². The lowest BCUT2D eigenvalue weighted by Crippen LogP contribution is -2.48. The summed E-state index contributed by atoms with van der Waals surface area (Å²) in [6.07, 6.45) is 0. The molecule has 0 bridgehead atoms. The Morgan fingerprint density at radius 1 is 0.733 bits per heavy atom. The molecule has 0 aliphatic carbocycles. The number of hydrogen-bond acceptors (Lipinski definition) is 3. The molecule has 0 saturated heterocycles. The Morgan fingerprint density at radius 3 is 1.73 bits per heavy atom. The van der Waals surface area contributed by atoms with E-state index < -0.39 is 9.04 Å². The van der Waals surface area contributed by atoms with Gasteiger partial charge in [-0.3, -0.25) is 0 Å². The van der Waals surface area contributed by atoms with E-state index in [0.29, 0.717) is 13.2 Å². The first-order valence-corrected chi connectivity index (χ1v) is 12.0. The van der Waals surface area contributed by atoms with Crippen LogP contribution in [0.3, 0.4) is 0 Å². The monoisotopic (exact) mass is 420 g/mol. The fraction of sp³-hybridized carbons (Fsp3) is 0.308. The van der Waals surface area contributed by atoms with Crippen molar-refractivity contribution in [3.8, 4) is 5.75 Å². The number of methoxy groups -OCH3 is 2. The highest BCUT2D eigenvalue weighted by atomic mass is 28.3. The second-order valence-corrected chi connectivity index (χ2v) is 10.9. The summed E-state index contributed by atoms with van der Waals surface area (Å²) in [4.78, 5) is 0. The van der Waals surface area contributed by atoms with Gasteiger partial charge in [0, 0.05) is 19.8 Å². The molecule has 0 atom stereocenters. The zero-order chi connectivity index (χ0) is 21.6. The fourth-order valence-electron chi connectivity index (χ4n) is 3.67. The molecule has 158 valence electrons. The molecule has 3 aromatic carbocycles. The first-order valence-electron chi connectivity index (χ1n) is 10.3. The molecule has 3 rings (SSSR count). The Morgan fingerprint density at radius 2 is 1.27 bits per heavy atom. The SMILES string of the molecule is COCc1cc(COC)c(O[SiH](c2ccccc2)c2ccccc2)c(C(C)(C)C)c1. The van der Waals surface area contributed by atoms with E-state index in [9.17, 15) is 0 Å². The third-order valence-corrected chi connectivity index (χ3v) is 7.54. The minimum absolute atomic E-state index is 0.0755. The van der Waals surface area contributed by atoms with E-state index in [4.69, 9.17) is 13.9 Å². The molecular formula is C26H32O3Si. The molecule has 0 saturated carbocycles. The predicted molar refractivity (Wildman–Crippen MR) is 126 cm³/mol. The standard InChI is InChI=1S/C26H32O3Si/c1-26(2,3)24-17-20(18-27-4)16-21(19-28-5)25(24)29-30(22-12-8-6-9-13-22)23-14-10-7-11-15-23/h6-17,30H,18-19H2,1-5H3. The van der Waals surface area contributed by atoms with E-state index in [1.807, 2.05) is 0 Å². The zero-order valence-corrected chi connectivity index (χ0v) is 19.8. The van der Waals surface area contributed by atoms with Crippen LogP contribution in [0.1, 0.15) is 37.5 Å². The Balaban J connectivity index is 2.16. The summed E-state index contributed by atoms with van der Waals surface area (Å²) >= 11 is 0. The predicted octanol–water partition coefficient (Wildman–Crippen LogP) is 4.19. The number of benzene rings is 3. The summed E-state index contributed by atoms with van der Waals surface area (Å²) in [5.74, 6) is 0.952. The van der Waals surface area contributed by atoms with E-state index in [1.165, 1.54) is 15.9 Å². The molecule has 4 heteroatoms. The van der Waals surface area contributed by atoms with Gasteiger partial charge in [0.2, 0.25) is 0 Å². The molecule has 0 N–H and O–H groups in total. The summed E-state index contributed by atoms with van der Waals surface area (Å²) in [5, 5.41) is 2.51. The Kier molecular flexibility index (Phi) is 7.48. The van der Waals surface area contributed by atoms with Gasteiger partial charge in [-0.25, -0.2) is 0 Å². The van der Waals surface area contributed by atoms with Crippen molar-refractivity contribution < 1.29 is 13.9 Å². The molecule has 0 fully saturated rings. The molecule has 0 aliphatic rings. The van der Waals surface area contributed by atoms with E-state index in [-0.39, 0.29) is 5.41 Å². The maximum absolute atomic E-state index is 6.98. The molecule has 0 radical (unpaired) electrons. The summed E-state index contributed by atoms with van der Waals surface area (Å²) in [6, 6.07) is 25.5. The highest BCUT2D eigenvalue weighted by Gasteiger charge is 2.27. The lowest BCUT2D eigenvalue weighted by molar-refractivity contribution is 0.178. The third-order valence-electron chi connectivity index (χ3n) is 5.08. The fourth-order valence-corrected chi connectivity index (χ4v) is 5.98. The molecule has 30 heavy (non-hydrogen) atoms. The van der Waals surface area contributed by atoms with Gasteiger partial charge in [-0.05, 0) is 39.0 Å². The minimum Gasteiger partial charge on any atom is -0.537 e. The molecule has 0 aliphatic heterocycles. The smallest absolute Gasteiger partial charge is 0.299 e. The van der Waals surface area contributed by atoms with E-state index in [2.05, 4.69) is 93.6 Å². The molecule has 0 unspecified atom stereocenters. The molecule has 0 heterocycles. The van der Waals surface area contributed by atoms with E-state index in [0.717, 1.165) is 16.9 Å². The van der Waals surface area contributed by atoms with Gasteiger partial charge in [-0.2, -0.15) is 0 Å². The van der Waals surface area contributed by atoms with Crippen molar-refractivity contribution in [3.05, 3.63) is 89.5 Å². The van der Waals surface area contributed by atoms with Crippen LogP contribution in [0, 0.1) is 0 Å². The molecule has 0 spiro atoms. The maximum atomic E-state index is 6.98. The quantitative estimate of drug-likeness (QED) is 0.511. The molecule has 0 amide bonds. The lowest BCUT2D eigenvalue weighted by atomic mass is 9.84. The van der Waals surface area contributed by atoms with Crippen LogP contribution >= 0.6 is 0 Å². The zero-order valence-electron chi connectivity index (χ0n) is 18.6. The highest BCUT2D eigenvalue weighted by Crippen LogP contribution is 2.36. The Hall–Kier alpha value is -2.40. The summed E-state index contributed by atoms with van der Waals surface area (Å²) < 4.78 is 18.0. The molecule has 0 aromatic heterocycles. The van der Waals surface area contributed by atoms with Crippen LogP contribution in [-0.4, -0.2) is 23.3 Å². The van der Waals surface area contributed by atoms with Crippen LogP contribution < -0.4 is 14.8 Å². The van der Waals surface area contributed by atoms with Crippen molar-refractivity contribution in [1.82, 2.24) is 0 Å². The van der Waals surface area contributed by atoms with Crippen LogP contribution in [0.15, 0.2) is 72.8 Å². The number of hydrogen-bond donors (Lipinski definition) is 0. The van der Waals surface area contributed by atoms with Gasteiger partial charge in [0.25, 0.3) is 9.04 Å². The van der Waals surface area contributed by atoms with Crippen molar-refractivity contribution in [2.45, 2.75) is 39.4 Å².